The average Bonchev–Trinajstić information content (AvgIpc) is 2.97. The van der Waals surface area contributed by atoms with Crippen LogP contribution in [-0.4, -0.2) is 58.0 Å². The highest BCUT2D eigenvalue weighted by molar-refractivity contribution is 7.92. The number of aryl methyl sites for hydroxylation is 2. The Morgan fingerprint density at radius 3 is 2.07 bits per heavy atom. The largest absolute Gasteiger partial charge is 0.493 e. The number of anilines is 1. The summed E-state index contributed by atoms with van der Waals surface area (Å²) >= 11 is 0. The van der Waals surface area contributed by atoms with Gasteiger partial charge in [-0.25, -0.2) is 8.42 Å². The van der Waals surface area contributed by atoms with Crippen LogP contribution in [0.3, 0.4) is 0 Å². The minimum atomic E-state index is -4.27. The highest BCUT2D eigenvalue weighted by atomic mass is 32.2. The second-order valence-corrected chi connectivity index (χ2v) is 12.2. The van der Waals surface area contributed by atoms with Crippen molar-refractivity contribution in [3.8, 4) is 11.5 Å². The van der Waals surface area contributed by atoms with E-state index in [0.29, 0.717) is 11.4 Å². The highest BCUT2D eigenvalue weighted by Crippen LogP contribution is 2.33. The highest BCUT2D eigenvalue weighted by Gasteiger charge is 2.33. The maximum atomic E-state index is 14.2. The number of carbonyl (C=O) groups is 2. The van der Waals surface area contributed by atoms with Gasteiger partial charge in [-0.15, -0.1) is 0 Å². The molecule has 0 saturated heterocycles. The van der Waals surface area contributed by atoms with Crippen LogP contribution in [0, 0.1) is 13.8 Å². The van der Waals surface area contributed by atoms with E-state index in [9.17, 15) is 18.0 Å². The fraction of sp³-hybridized carbons (Fsp3) is 0.375. The molecular weight excluding hydrogens is 554 g/mol. The molecule has 0 aliphatic heterocycles. The summed E-state index contributed by atoms with van der Waals surface area (Å²) in [6, 6.07) is 18.0. The minimum absolute atomic E-state index is 0.0655. The van der Waals surface area contributed by atoms with Crippen molar-refractivity contribution in [2.24, 2.45) is 0 Å². The third-order valence-corrected chi connectivity index (χ3v) is 8.85. The minimum Gasteiger partial charge on any atom is -0.493 e. The molecule has 3 rings (SSSR count). The molecule has 0 unspecified atom stereocenters. The van der Waals surface area contributed by atoms with Gasteiger partial charge in [0.15, 0.2) is 11.5 Å². The van der Waals surface area contributed by atoms with E-state index in [2.05, 4.69) is 5.32 Å². The van der Waals surface area contributed by atoms with Crippen LogP contribution in [0.1, 0.15) is 43.9 Å². The summed E-state index contributed by atoms with van der Waals surface area (Å²) in [5.41, 5.74) is 2.83. The maximum absolute atomic E-state index is 14.2. The number of ether oxygens (including phenoxy) is 2. The van der Waals surface area contributed by atoms with E-state index in [1.54, 1.807) is 19.1 Å². The third-order valence-electron chi connectivity index (χ3n) is 7.08. The maximum Gasteiger partial charge on any atom is 0.264 e. The van der Waals surface area contributed by atoms with E-state index in [0.717, 1.165) is 27.4 Å². The number of nitrogens with zero attached hydrogens (tertiary/aromatic N) is 2. The van der Waals surface area contributed by atoms with Crippen molar-refractivity contribution in [2.45, 2.75) is 64.6 Å². The molecule has 42 heavy (non-hydrogen) atoms. The van der Waals surface area contributed by atoms with Gasteiger partial charge in [-0.2, -0.15) is 0 Å². The van der Waals surface area contributed by atoms with Crippen molar-refractivity contribution < 1.29 is 27.5 Å². The zero-order valence-electron chi connectivity index (χ0n) is 25.4. The Hall–Kier alpha value is -4.05. The van der Waals surface area contributed by atoms with Crippen LogP contribution in [0.25, 0.3) is 0 Å². The summed E-state index contributed by atoms with van der Waals surface area (Å²) in [5.74, 6) is -0.213. The Kier molecular flexibility index (Phi) is 11.0. The molecule has 0 aliphatic carbocycles. The molecule has 0 heterocycles. The number of hydrogen-bond acceptors (Lipinski definition) is 6. The molecule has 0 radical (unpaired) electrons. The lowest BCUT2D eigenvalue weighted by atomic mass is 10.1. The van der Waals surface area contributed by atoms with E-state index < -0.39 is 28.5 Å². The van der Waals surface area contributed by atoms with Gasteiger partial charge in [0.2, 0.25) is 11.8 Å². The van der Waals surface area contributed by atoms with Crippen molar-refractivity contribution in [2.75, 3.05) is 25.1 Å². The van der Waals surface area contributed by atoms with Crippen molar-refractivity contribution in [1.82, 2.24) is 10.2 Å². The monoisotopic (exact) mass is 595 g/mol. The predicted molar refractivity (Wildman–Crippen MR) is 164 cm³/mol. The van der Waals surface area contributed by atoms with Crippen molar-refractivity contribution in [3.63, 3.8) is 0 Å². The Morgan fingerprint density at radius 2 is 1.50 bits per heavy atom. The Labute approximate surface area is 249 Å². The molecule has 0 fully saturated rings. The topological polar surface area (TPSA) is 105 Å². The summed E-state index contributed by atoms with van der Waals surface area (Å²) in [6.45, 7) is 8.85. The SMILES string of the molecule is CC[C@H](C)NC(=O)[C@@H](C)N(Cc1ccccc1)C(=O)CN(c1cc(C)cc(C)c1)S(=O)(=O)c1ccc(OC)c(OC)c1. The molecule has 10 heteroatoms. The number of sulfonamides is 1. The normalized spacial score (nSPS) is 12.6. The standard InChI is InChI=1S/C32H41N3O6S/c1-8-24(4)33-32(37)25(5)34(20-26-12-10-9-11-13-26)31(36)21-35(27-17-22(2)16-23(3)18-27)42(38,39)28-14-15-29(40-6)30(19-28)41-7/h9-19,24-25H,8,20-21H2,1-7H3,(H,33,37)/t24-,25+/m0/s1. The molecule has 0 aliphatic rings. The van der Waals surface area contributed by atoms with E-state index in [1.807, 2.05) is 64.1 Å². The van der Waals surface area contributed by atoms with Gasteiger partial charge in [-0.1, -0.05) is 43.3 Å². The predicted octanol–water partition coefficient (Wildman–Crippen LogP) is 4.85. The summed E-state index contributed by atoms with van der Waals surface area (Å²) in [6.07, 6.45) is 0.731. The fourth-order valence-corrected chi connectivity index (χ4v) is 5.97. The first-order chi connectivity index (χ1) is 19.9. The van der Waals surface area contributed by atoms with E-state index in [1.165, 1.54) is 37.3 Å². The number of rotatable bonds is 13. The van der Waals surface area contributed by atoms with Gasteiger partial charge in [0.1, 0.15) is 12.6 Å². The van der Waals surface area contributed by atoms with Crippen LogP contribution < -0.4 is 19.1 Å². The van der Waals surface area contributed by atoms with Gasteiger partial charge in [-0.05, 0) is 75.1 Å². The van der Waals surface area contributed by atoms with Crippen LogP contribution in [0.15, 0.2) is 71.6 Å². The van der Waals surface area contributed by atoms with E-state index in [4.69, 9.17) is 9.47 Å². The number of nitrogens with one attached hydrogen (secondary N) is 1. The van der Waals surface area contributed by atoms with Crippen molar-refractivity contribution in [1.29, 1.82) is 0 Å². The van der Waals surface area contributed by atoms with E-state index >= 15 is 0 Å². The van der Waals surface area contributed by atoms with Crippen LogP contribution in [0.5, 0.6) is 11.5 Å². The Balaban J connectivity index is 2.09. The molecule has 2 atom stereocenters. The lowest BCUT2D eigenvalue weighted by molar-refractivity contribution is -0.139. The molecule has 0 spiro atoms. The fourth-order valence-electron chi connectivity index (χ4n) is 4.56. The number of methoxy groups -OCH3 is 2. The van der Waals surface area contributed by atoms with Crippen LogP contribution in [0.4, 0.5) is 5.69 Å². The molecule has 2 amide bonds. The quantitative estimate of drug-likeness (QED) is 0.303. The molecule has 0 aromatic heterocycles. The molecule has 9 nitrogen and oxygen atoms in total. The van der Waals surface area contributed by atoms with Gasteiger partial charge in [-0.3, -0.25) is 13.9 Å². The number of benzene rings is 3. The molecule has 3 aromatic rings. The van der Waals surface area contributed by atoms with Gasteiger partial charge >= 0.3 is 0 Å². The number of carbonyl (C=O) groups excluding carboxylic acids is 2. The summed E-state index contributed by atoms with van der Waals surface area (Å²) in [4.78, 5) is 28.6. The summed E-state index contributed by atoms with van der Waals surface area (Å²) in [7, 11) is -1.38. The molecule has 226 valence electrons. The Bertz CT molecular complexity index is 1470. The molecule has 1 N–H and O–H groups in total. The lowest BCUT2D eigenvalue weighted by Gasteiger charge is -2.32. The average molecular weight is 596 g/mol. The first kappa shape index (κ1) is 32.5. The van der Waals surface area contributed by atoms with Crippen LogP contribution in [-0.2, 0) is 26.2 Å². The lowest BCUT2D eigenvalue weighted by Crippen LogP contribution is -2.52. The number of hydrogen-bond donors (Lipinski definition) is 1. The smallest absolute Gasteiger partial charge is 0.264 e. The first-order valence-electron chi connectivity index (χ1n) is 13.9. The van der Waals surface area contributed by atoms with E-state index in [-0.39, 0.29) is 29.1 Å². The summed E-state index contributed by atoms with van der Waals surface area (Å²) < 4.78 is 40.1. The van der Waals surface area contributed by atoms with Gasteiger partial charge < -0.3 is 19.7 Å². The zero-order valence-corrected chi connectivity index (χ0v) is 26.2. The van der Waals surface area contributed by atoms with Crippen molar-refractivity contribution >= 4 is 27.5 Å². The first-order valence-corrected chi connectivity index (χ1v) is 15.3. The van der Waals surface area contributed by atoms with Crippen LogP contribution >= 0.6 is 0 Å². The summed E-state index contributed by atoms with van der Waals surface area (Å²) in [5, 5.41) is 2.94. The Morgan fingerprint density at radius 1 is 0.881 bits per heavy atom. The molecule has 0 bridgehead atoms. The molecule has 3 aromatic carbocycles. The molecule has 0 saturated carbocycles. The molecular formula is C32H41N3O6S. The second kappa shape index (κ2) is 14.2. The third kappa shape index (κ3) is 7.82. The van der Waals surface area contributed by atoms with Crippen molar-refractivity contribution in [3.05, 3.63) is 83.4 Å². The zero-order chi connectivity index (χ0) is 31.0. The van der Waals surface area contributed by atoms with Gasteiger partial charge in [0, 0.05) is 18.7 Å². The number of amides is 2. The second-order valence-electron chi connectivity index (χ2n) is 10.4. The van der Waals surface area contributed by atoms with Crippen LogP contribution in [0.2, 0.25) is 0 Å². The van der Waals surface area contributed by atoms with Gasteiger partial charge in [0.25, 0.3) is 10.0 Å². The van der Waals surface area contributed by atoms with Gasteiger partial charge in [0.05, 0.1) is 24.8 Å².